The fourth-order valence-electron chi connectivity index (χ4n) is 1.83. The van der Waals surface area contributed by atoms with Gasteiger partial charge in [0.05, 0.1) is 9.50 Å². The van der Waals surface area contributed by atoms with Crippen molar-refractivity contribution in [2.45, 2.75) is 12.5 Å². The molecule has 82 valence electrons. The van der Waals surface area contributed by atoms with Gasteiger partial charge in [-0.25, -0.2) is 4.98 Å². The summed E-state index contributed by atoms with van der Waals surface area (Å²) < 4.78 is 0.965. The standard InChI is InChI=1S/C10H13BrClN3/c1-13-8-2-3-15(6-8)10-9(11)4-7(12)5-14-10/h4-5,8,13H,2-3,6H2,1H3. The number of nitrogens with one attached hydrogen (secondary N) is 1. The lowest BCUT2D eigenvalue weighted by Crippen LogP contribution is -2.30. The molecule has 1 fully saturated rings. The molecule has 0 aromatic carbocycles. The Morgan fingerprint density at radius 2 is 2.47 bits per heavy atom. The largest absolute Gasteiger partial charge is 0.354 e. The summed E-state index contributed by atoms with van der Waals surface area (Å²) in [5, 5.41) is 3.95. The zero-order valence-corrected chi connectivity index (χ0v) is 10.8. The third-order valence-corrected chi connectivity index (χ3v) is 3.47. The van der Waals surface area contributed by atoms with Gasteiger partial charge in [0.15, 0.2) is 0 Å². The van der Waals surface area contributed by atoms with Crippen molar-refractivity contribution in [1.29, 1.82) is 0 Å². The molecule has 1 aliphatic rings. The van der Waals surface area contributed by atoms with Crippen LogP contribution >= 0.6 is 27.5 Å². The third-order valence-electron chi connectivity index (χ3n) is 2.68. The minimum absolute atomic E-state index is 0.564. The number of nitrogens with zero attached hydrogens (tertiary/aromatic N) is 2. The van der Waals surface area contributed by atoms with Crippen LogP contribution in [0, 0.1) is 0 Å². The predicted molar refractivity (Wildman–Crippen MR) is 66.6 cm³/mol. The molecule has 1 atom stereocenters. The molecule has 1 aliphatic heterocycles. The molecular weight excluding hydrogens is 277 g/mol. The fourth-order valence-corrected chi connectivity index (χ4v) is 2.72. The van der Waals surface area contributed by atoms with Gasteiger partial charge in [-0.2, -0.15) is 0 Å². The van der Waals surface area contributed by atoms with E-state index < -0.39 is 0 Å². The van der Waals surface area contributed by atoms with Crippen LogP contribution in [0.15, 0.2) is 16.7 Å². The molecule has 1 saturated heterocycles. The summed E-state index contributed by atoms with van der Waals surface area (Å²) >= 11 is 9.35. The van der Waals surface area contributed by atoms with E-state index in [1.54, 1.807) is 6.20 Å². The molecule has 2 heterocycles. The number of pyridine rings is 1. The van der Waals surface area contributed by atoms with Crippen LogP contribution in [0.25, 0.3) is 0 Å². The molecule has 1 N–H and O–H groups in total. The van der Waals surface area contributed by atoms with E-state index in [4.69, 9.17) is 11.6 Å². The molecule has 15 heavy (non-hydrogen) atoms. The lowest BCUT2D eigenvalue weighted by Gasteiger charge is -2.18. The number of hydrogen-bond acceptors (Lipinski definition) is 3. The lowest BCUT2D eigenvalue weighted by atomic mass is 10.3. The van der Waals surface area contributed by atoms with Gasteiger partial charge in [0, 0.05) is 25.3 Å². The highest BCUT2D eigenvalue weighted by molar-refractivity contribution is 9.10. The average molecular weight is 291 g/mol. The van der Waals surface area contributed by atoms with E-state index >= 15 is 0 Å². The number of halogens is 2. The van der Waals surface area contributed by atoms with Gasteiger partial charge in [-0.3, -0.25) is 0 Å². The number of rotatable bonds is 2. The highest BCUT2D eigenvalue weighted by Crippen LogP contribution is 2.28. The Morgan fingerprint density at radius 3 is 3.07 bits per heavy atom. The molecular formula is C10H13BrClN3. The number of likely N-dealkylation sites (N-methyl/N-ethyl adjacent to an activating group) is 1. The van der Waals surface area contributed by atoms with Gasteiger partial charge >= 0.3 is 0 Å². The lowest BCUT2D eigenvalue weighted by molar-refractivity contribution is 0.616. The molecule has 2 rings (SSSR count). The van der Waals surface area contributed by atoms with Crippen LogP contribution in [0.4, 0.5) is 5.82 Å². The molecule has 0 bridgehead atoms. The monoisotopic (exact) mass is 289 g/mol. The maximum Gasteiger partial charge on any atom is 0.143 e. The van der Waals surface area contributed by atoms with Gasteiger partial charge in [0.25, 0.3) is 0 Å². The van der Waals surface area contributed by atoms with E-state index in [1.807, 2.05) is 13.1 Å². The van der Waals surface area contributed by atoms with E-state index in [1.165, 1.54) is 0 Å². The Kier molecular flexibility index (Phi) is 3.49. The maximum absolute atomic E-state index is 5.86. The molecule has 0 amide bonds. The summed E-state index contributed by atoms with van der Waals surface area (Å²) in [5.74, 6) is 0.983. The molecule has 0 saturated carbocycles. The van der Waals surface area contributed by atoms with E-state index in [9.17, 15) is 0 Å². The Hall–Kier alpha value is -0.320. The van der Waals surface area contributed by atoms with Crippen LogP contribution < -0.4 is 10.2 Å². The van der Waals surface area contributed by atoms with Crippen molar-refractivity contribution in [3.05, 3.63) is 21.8 Å². The van der Waals surface area contributed by atoms with Gasteiger partial charge < -0.3 is 10.2 Å². The summed E-state index contributed by atoms with van der Waals surface area (Å²) in [6.45, 7) is 2.04. The van der Waals surface area contributed by atoms with Gasteiger partial charge in [-0.1, -0.05) is 11.6 Å². The maximum atomic E-state index is 5.86. The number of aromatic nitrogens is 1. The first-order valence-corrected chi connectivity index (χ1v) is 6.11. The minimum atomic E-state index is 0.564. The Labute approximate surface area is 103 Å². The van der Waals surface area contributed by atoms with Crippen molar-refractivity contribution in [3.8, 4) is 0 Å². The predicted octanol–water partition coefficient (Wildman–Crippen LogP) is 2.30. The van der Waals surface area contributed by atoms with Crippen molar-refractivity contribution >= 4 is 33.3 Å². The van der Waals surface area contributed by atoms with Crippen LogP contribution in [-0.4, -0.2) is 31.2 Å². The van der Waals surface area contributed by atoms with Crippen molar-refractivity contribution in [2.75, 3.05) is 25.0 Å². The van der Waals surface area contributed by atoms with Gasteiger partial charge in [0.2, 0.25) is 0 Å². The average Bonchev–Trinajstić information content (AvgIpc) is 2.66. The zero-order chi connectivity index (χ0) is 10.8. The summed E-state index contributed by atoms with van der Waals surface area (Å²) in [4.78, 5) is 6.61. The Bertz CT molecular complexity index is 359. The summed E-state index contributed by atoms with van der Waals surface area (Å²) in [7, 11) is 2.00. The first kappa shape index (κ1) is 11.2. The molecule has 0 radical (unpaired) electrons. The second-order valence-electron chi connectivity index (χ2n) is 3.68. The second-order valence-corrected chi connectivity index (χ2v) is 4.97. The number of hydrogen-bond donors (Lipinski definition) is 1. The molecule has 1 aromatic rings. The quantitative estimate of drug-likeness (QED) is 0.906. The SMILES string of the molecule is CNC1CCN(c2ncc(Cl)cc2Br)C1. The number of anilines is 1. The topological polar surface area (TPSA) is 28.2 Å². The van der Waals surface area contributed by atoms with E-state index in [-0.39, 0.29) is 0 Å². The van der Waals surface area contributed by atoms with Gasteiger partial charge in [-0.05, 0) is 35.5 Å². The smallest absolute Gasteiger partial charge is 0.143 e. The van der Waals surface area contributed by atoms with Gasteiger partial charge in [-0.15, -0.1) is 0 Å². The molecule has 1 unspecified atom stereocenters. The minimum Gasteiger partial charge on any atom is -0.354 e. The summed E-state index contributed by atoms with van der Waals surface area (Å²) in [6, 6.07) is 2.45. The molecule has 0 spiro atoms. The summed E-state index contributed by atoms with van der Waals surface area (Å²) in [6.07, 6.45) is 2.85. The first-order valence-electron chi connectivity index (χ1n) is 4.94. The van der Waals surface area contributed by atoms with Gasteiger partial charge in [0.1, 0.15) is 5.82 Å². The summed E-state index contributed by atoms with van der Waals surface area (Å²) in [5.41, 5.74) is 0. The van der Waals surface area contributed by atoms with Crippen molar-refractivity contribution in [2.24, 2.45) is 0 Å². The molecule has 1 aromatic heterocycles. The second kappa shape index (κ2) is 4.68. The molecule has 3 nitrogen and oxygen atoms in total. The van der Waals surface area contributed by atoms with Crippen LogP contribution in [0.1, 0.15) is 6.42 Å². The molecule has 5 heteroatoms. The highest BCUT2D eigenvalue weighted by atomic mass is 79.9. The van der Waals surface area contributed by atoms with E-state index in [0.29, 0.717) is 11.1 Å². The van der Waals surface area contributed by atoms with Crippen LogP contribution in [0.5, 0.6) is 0 Å². The van der Waals surface area contributed by atoms with E-state index in [0.717, 1.165) is 29.8 Å². The Balaban J connectivity index is 2.17. The van der Waals surface area contributed by atoms with Crippen LogP contribution in [0.3, 0.4) is 0 Å². The third kappa shape index (κ3) is 2.44. The van der Waals surface area contributed by atoms with Crippen molar-refractivity contribution < 1.29 is 0 Å². The normalized spacial score (nSPS) is 21.0. The highest BCUT2D eigenvalue weighted by Gasteiger charge is 2.23. The Morgan fingerprint density at radius 1 is 1.67 bits per heavy atom. The van der Waals surface area contributed by atoms with E-state index in [2.05, 4.69) is 31.1 Å². The van der Waals surface area contributed by atoms with Crippen molar-refractivity contribution in [3.63, 3.8) is 0 Å². The zero-order valence-electron chi connectivity index (χ0n) is 8.50. The first-order chi connectivity index (χ1) is 7.20. The van der Waals surface area contributed by atoms with Crippen molar-refractivity contribution in [1.82, 2.24) is 10.3 Å². The van der Waals surface area contributed by atoms with Crippen LogP contribution in [0.2, 0.25) is 5.02 Å². The van der Waals surface area contributed by atoms with Crippen LogP contribution in [-0.2, 0) is 0 Å². The molecule has 0 aliphatic carbocycles. The fraction of sp³-hybridized carbons (Fsp3) is 0.500.